The number of aryl methyl sites for hydroxylation is 1. The van der Waals surface area contributed by atoms with Gasteiger partial charge in [0.25, 0.3) is 0 Å². The molecule has 0 atom stereocenters. The standard InChI is InChI=1S/C6H6ClNO/c1-4-2-6(7)8-3-5(4)9/h2-3,9H,1H3. The molecule has 2 nitrogen and oxygen atoms in total. The molecular weight excluding hydrogens is 138 g/mol. The molecule has 0 aliphatic heterocycles. The Bertz CT molecular complexity index is 224. The predicted octanol–water partition coefficient (Wildman–Crippen LogP) is 1.75. The van der Waals surface area contributed by atoms with Crippen LogP contribution in [0.3, 0.4) is 0 Å². The van der Waals surface area contributed by atoms with Crippen LogP contribution in [0.15, 0.2) is 12.3 Å². The van der Waals surface area contributed by atoms with E-state index >= 15 is 0 Å². The molecule has 9 heavy (non-hydrogen) atoms. The van der Waals surface area contributed by atoms with Crippen molar-refractivity contribution >= 4 is 11.6 Å². The van der Waals surface area contributed by atoms with E-state index in [-0.39, 0.29) is 5.75 Å². The Morgan fingerprint density at radius 2 is 2.33 bits per heavy atom. The summed E-state index contributed by atoms with van der Waals surface area (Å²) in [5.41, 5.74) is 0.745. The second kappa shape index (κ2) is 2.23. The fraction of sp³-hybridized carbons (Fsp3) is 0.167. The van der Waals surface area contributed by atoms with Crippen molar-refractivity contribution in [2.45, 2.75) is 6.92 Å². The van der Waals surface area contributed by atoms with Crippen LogP contribution in [0.4, 0.5) is 0 Å². The molecule has 3 heteroatoms. The van der Waals surface area contributed by atoms with Crippen molar-refractivity contribution in [3.8, 4) is 5.75 Å². The number of pyridine rings is 1. The molecule has 0 amide bonds. The van der Waals surface area contributed by atoms with Crippen molar-refractivity contribution in [3.63, 3.8) is 0 Å². The topological polar surface area (TPSA) is 33.1 Å². The van der Waals surface area contributed by atoms with Crippen LogP contribution in [0.5, 0.6) is 5.75 Å². The maximum absolute atomic E-state index is 8.92. The molecule has 0 fully saturated rings. The van der Waals surface area contributed by atoms with Gasteiger partial charge >= 0.3 is 0 Å². The number of aromatic hydroxyl groups is 1. The van der Waals surface area contributed by atoms with Gasteiger partial charge in [-0.1, -0.05) is 11.6 Å². The number of nitrogens with zero attached hydrogens (tertiary/aromatic N) is 1. The van der Waals surface area contributed by atoms with Gasteiger partial charge in [0.05, 0.1) is 6.20 Å². The highest BCUT2D eigenvalue weighted by Crippen LogP contribution is 2.16. The number of aromatic nitrogens is 1. The van der Waals surface area contributed by atoms with E-state index in [1.54, 1.807) is 13.0 Å². The van der Waals surface area contributed by atoms with Gasteiger partial charge in [-0.3, -0.25) is 0 Å². The molecule has 0 aliphatic carbocycles. The first kappa shape index (κ1) is 6.36. The Hall–Kier alpha value is -0.760. The minimum atomic E-state index is 0.180. The normalized spacial score (nSPS) is 9.56. The van der Waals surface area contributed by atoms with Crippen LogP contribution < -0.4 is 0 Å². The Balaban J connectivity index is 3.17. The maximum atomic E-state index is 8.92. The van der Waals surface area contributed by atoms with Crippen LogP contribution in [0.25, 0.3) is 0 Å². The summed E-state index contributed by atoms with van der Waals surface area (Å²) in [5, 5.41) is 9.33. The van der Waals surface area contributed by atoms with Crippen LogP contribution in [0.1, 0.15) is 5.56 Å². The summed E-state index contributed by atoms with van der Waals surface area (Å²) in [6.07, 6.45) is 1.33. The summed E-state index contributed by atoms with van der Waals surface area (Å²) in [6.45, 7) is 1.77. The van der Waals surface area contributed by atoms with Gasteiger partial charge in [0.1, 0.15) is 10.9 Å². The van der Waals surface area contributed by atoms with Gasteiger partial charge in [0.15, 0.2) is 0 Å². The summed E-state index contributed by atoms with van der Waals surface area (Å²) < 4.78 is 0. The van der Waals surface area contributed by atoms with Crippen LogP contribution in [-0.4, -0.2) is 10.1 Å². The minimum absolute atomic E-state index is 0.180. The average molecular weight is 144 g/mol. The Kier molecular flexibility index (Phi) is 1.58. The highest BCUT2D eigenvalue weighted by atomic mass is 35.5. The first-order chi connectivity index (χ1) is 4.20. The molecule has 0 aromatic carbocycles. The molecule has 0 radical (unpaired) electrons. The Morgan fingerprint density at radius 1 is 1.67 bits per heavy atom. The second-order valence-electron chi connectivity index (χ2n) is 1.79. The molecule has 1 N–H and O–H groups in total. The molecule has 0 bridgehead atoms. The lowest BCUT2D eigenvalue weighted by Gasteiger charge is -1.94. The third kappa shape index (κ3) is 1.33. The van der Waals surface area contributed by atoms with Crippen LogP contribution in [0, 0.1) is 6.92 Å². The minimum Gasteiger partial charge on any atom is -0.506 e. The SMILES string of the molecule is Cc1cc(Cl)ncc1O. The fourth-order valence-electron chi connectivity index (χ4n) is 0.514. The van der Waals surface area contributed by atoms with Gasteiger partial charge in [-0.25, -0.2) is 4.98 Å². The summed E-state index contributed by atoms with van der Waals surface area (Å²) in [4.78, 5) is 3.65. The Morgan fingerprint density at radius 3 is 2.78 bits per heavy atom. The van der Waals surface area contributed by atoms with E-state index < -0.39 is 0 Å². The maximum Gasteiger partial charge on any atom is 0.136 e. The summed E-state index contributed by atoms with van der Waals surface area (Å²) >= 11 is 5.49. The van der Waals surface area contributed by atoms with E-state index in [1.807, 2.05) is 0 Å². The molecule has 1 aromatic heterocycles. The lowest BCUT2D eigenvalue weighted by molar-refractivity contribution is 0.468. The predicted molar refractivity (Wildman–Crippen MR) is 35.6 cm³/mol. The van der Waals surface area contributed by atoms with Gasteiger partial charge in [0, 0.05) is 0 Å². The van der Waals surface area contributed by atoms with E-state index in [9.17, 15) is 0 Å². The van der Waals surface area contributed by atoms with Crippen molar-refractivity contribution in [1.82, 2.24) is 4.98 Å². The summed E-state index contributed by atoms with van der Waals surface area (Å²) in [6, 6.07) is 1.61. The lowest BCUT2D eigenvalue weighted by atomic mass is 10.3. The van der Waals surface area contributed by atoms with Crippen molar-refractivity contribution < 1.29 is 5.11 Å². The quantitative estimate of drug-likeness (QED) is 0.562. The number of hydrogen-bond donors (Lipinski definition) is 1. The van der Waals surface area contributed by atoms with Crippen molar-refractivity contribution in [2.75, 3.05) is 0 Å². The van der Waals surface area contributed by atoms with E-state index in [2.05, 4.69) is 4.98 Å². The first-order valence-electron chi connectivity index (χ1n) is 2.51. The van der Waals surface area contributed by atoms with Gasteiger partial charge in [-0.05, 0) is 18.6 Å². The monoisotopic (exact) mass is 143 g/mol. The van der Waals surface area contributed by atoms with E-state index in [4.69, 9.17) is 16.7 Å². The molecule has 48 valence electrons. The summed E-state index contributed by atoms with van der Waals surface area (Å²) in [5.74, 6) is 0.180. The zero-order valence-corrected chi connectivity index (χ0v) is 5.68. The third-order valence-corrected chi connectivity index (χ3v) is 1.26. The van der Waals surface area contributed by atoms with Crippen LogP contribution in [0.2, 0.25) is 5.15 Å². The lowest BCUT2D eigenvalue weighted by Crippen LogP contribution is -1.77. The van der Waals surface area contributed by atoms with Gasteiger partial charge in [0.2, 0.25) is 0 Å². The van der Waals surface area contributed by atoms with E-state index in [0.29, 0.717) is 5.15 Å². The number of halogens is 1. The molecule has 0 saturated carbocycles. The fourth-order valence-corrected chi connectivity index (χ4v) is 0.727. The molecular formula is C6H6ClNO. The highest BCUT2D eigenvalue weighted by Gasteiger charge is 1.94. The van der Waals surface area contributed by atoms with Gasteiger partial charge in [-0.2, -0.15) is 0 Å². The second-order valence-corrected chi connectivity index (χ2v) is 2.18. The third-order valence-electron chi connectivity index (χ3n) is 1.05. The molecule has 0 unspecified atom stereocenters. The molecule has 1 rings (SSSR count). The van der Waals surface area contributed by atoms with Crippen molar-refractivity contribution in [3.05, 3.63) is 23.0 Å². The van der Waals surface area contributed by atoms with Crippen LogP contribution in [-0.2, 0) is 0 Å². The molecule has 0 spiro atoms. The highest BCUT2D eigenvalue weighted by molar-refractivity contribution is 6.29. The van der Waals surface area contributed by atoms with Crippen LogP contribution >= 0.6 is 11.6 Å². The summed E-state index contributed by atoms with van der Waals surface area (Å²) in [7, 11) is 0. The zero-order chi connectivity index (χ0) is 6.85. The Labute approximate surface area is 58.1 Å². The molecule has 0 saturated heterocycles. The zero-order valence-electron chi connectivity index (χ0n) is 4.93. The van der Waals surface area contributed by atoms with Gasteiger partial charge in [-0.15, -0.1) is 0 Å². The first-order valence-corrected chi connectivity index (χ1v) is 2.89. The molecule has 1 heterocycles. The largest absolute Gasteiger partial charge is 0.506 e. The number of hydrogen-bond acceptors (Lipinski definition) is 2. The van der Waals surface area contributed by atoms with Gasteiger partial charge < -0.3 is 5.11 Å². The smallest absolute Gasteiger partial charge is 0.136 e. The van der Waals surface area contributed by atoms with Crippen molar-refractivity contribution in [2.24, 2.45) is 0 Å². The van der Waals surface area contributed by atoms with E-state index in [0.717, 1.165) is 5.56 Å². The molecule has 0 aliphatic rings. The molecule has 1 aromatic rings. The van der Waals surface area contributed by atoms with E-state index in [1.165, 1.54) is 6.20 Å². The number of rotatable bonds is 0. The van der Waals surface area contributed by atoms with Crippen molar-refractivity contribution in [1.29, 1.82) is 0 Å². The average Bonchev–Trinajstić information content (AvgIpc) is 1.80.